The standard InChI is InChI=1S/C17H18N2O/c1-12-4-5-15(18-10-12)11-19-13(2)8-14-9-16(20-3)6-7-17(14)19/h4-10H,11H2,1-3H3. The number of fused-ring (bicyclic) bond motifs is 1. The minimum atomic E-state index is 0.794. The first kappa shape index (κ1) is 12.7. The van der Waals surface area contributed by atoms with Gasteiger partial charge in [-0.3, -0.25) is 4.98 Å². The summed E-state index contributed by atoms with van der Waals surface area (Å²) in [5, 5.41) is 1.20. The summed E-state index contributed by atoms with van der Waals surface area (Å²) in [6.07, 6.45) is 1.92. The molecule has 0 N–H and O–H groups in total. The quantitative estimate of drug-likeness (QED) is 0.722. The summed E-state index contributed by atoms with van der Waals surface area (Å²) in [5.74, 6) is 0.892. The lowest BCUT2D eigenvalue weighted by molar-refractivity contribution is 0.415. The fourth-order valence-electron chi connectivity index (χ4n) is 2.48. The second-order valence-corrected chi connectivity index (χ2v) is 5.12. The summed E-state index contributed by atoms with van der Waals surface area (Å²) in [6.45, 7) is 4.97. The van der Waals surface area contributed by atoms with E-state index in [-0.39, 0.29) is 0 Å². The predicted octanol–water partition coefficient (Wildman–Crippen LogP) is 3.71. The molecule has 3 rings (SSSR count). The molecular weight excluding hydrogens is 248 g/mol. The van der Waals surface area contributed by atoms with Gasteiger partial charge in [0.15, 0.2) is 0 Å². The van der Waals surface area contributed by atoms with E-state index < -0.39 is 0 Å². The largest absolute Gasteiger partial charge is 0.497 e. The Bertz CT molecular complexity index is 742. The maximum Gasteiger partial charge on any atom is 0.119 e. The zero-order chi connectivity index (χ0) is 14.1. The first-order chi connectivity index (χ1) is 9.67. The number of ether oxygens (including phenoxy) is 1. The highest BCUT2D eigenvalue weighted by Gasteiger charge is 2.07. The zero-order valence-corrected chi connectivity index (χ0v) is 12.1. The maximum absolute atomic E-state index is 5.28. The number of rotatable bonds is 3. The van der Waals surface area contributed by atoms with Gasteiger partial charge in [0.1, 0.15) is 5.75 Å². The number of aryl methyl sites for hydroxylation is 2. The van der Waals surface area contributed by atoms with Crippen molar-refractivity contribution in [1.82, 2.24) is 9.55 Å². The van der Waals surface area contributed by atoms with Gasteiger partial charge in [-0.15, -0.1) is 0 Å². The Labute approximate surface area is 118 Å². The van der Waals surface area contributed by atoms with Crippen LogP contribution < -0.4 is 4.74 Å². The molecule has 3 heteroatoms. The Balaban J connectivity index is 2.02. The molecule has 20 heavy (non-hydrogen) atoms. The molecule has 0 saturated heterocycles. The summed E-state index contributed by atoms with van der Waals surface area (Å²) in [5.41, 5.74) is 4.71. The molecule has 0 aliphatic carbocycles. The van der Waals surface area contributed by atoms with Gasteiger partial charge in [-0.1, -0.05) is 6.07 Å². The molecule has 2 aromatic heterocycles. The Morgan fingerprint density at radius 3 is 2.65 bits per heavy atom. The predicted molar refractivity (Wildman–Crippen MR) is 81.3 cm³/mol. The van der Waals surface area contributed by atoms with Crippen molar-refractivity contribution in [3.8, 4) is 5.75 Å². The SMILES string of the molecule is COc1ccc2c(c1)cc(C)n2Cc1ccc(C)cn1. The Morgan fingerprint density at radius 2 is 1.95 bits per heavy atom. The number of benzene rings is 1. The van der Waals surface area contributed by atoms with Crippen molar-refractivity contribution in [1.29, 1.82) is 0 Å². The van der Waals surface area contributed by atoms with Gasteiger partial charge in [0, 0.05) is 22.8 Å². The highest BCUT2D eigenvalue weighted by atomic mass is 16.5. The zero-order valence-electron chi connectivity index (χ0n) is 12.1. The van der Waals surface area contributed by atoms with Crippen molar-refractivity contribution >= 4 is 10.9 Å². The van der Waals surface area contributed by atoms with Crippen molar-refractivity contribution in [2.75, 3.05) is 7.11 Å². The molecule has 0 bridgehead atoms. The van der Waals surface area contributed by atoms with Crippen LogP contribution >= 0.6 is 0 Å². The number of methoxy groups -OCH3 is 1. The summed E-state index contributed by atoms with van der Waals surface area (Å²) >= 11 is 0. The van der Waals surface area contributed by atoms with E-state index in [1.807, 2.05) is 12.3 Å². The molecule has 0 unspecified atom stereocenters. The van der Waals surface area contributed by atoms with E-state index in [4.69, 9.17) is 4.74 Å². The average Bonchev–Trinajstić information content (AvgIpc) is 2.76. The van der Waals surface area contributed by atoms with Gasteiger partial charge >= 0.3 is 0 Å². The summed E-state index contributed by atoms with van der Waals surface area (Å²) in [7, 11) is 1.70. The lowest BCUT2D eigenvalue weighted by atomic mass is 10.2. The van der Waals surface area contributed by atoms with Crippen LogP contribution in [0.15, 0.2) is 42.6 Å². The first-order valence-corrected chi connectivity index (χ1v) is 6.73. The van der Waals surface area contributed by atoms with Crippen LogP contribution in [-0.4, -0.2) is 16.7 Å². The Hall–Kier alpha value is -2.29. The second kappa shape index (κ2) is 5.00. The summed E-state index contributed by atoms with van der Waals surface area (Å²) in [6, 6.07) is 12.6. The van der Waals surface area contributed by atoms with E-state index in [1.165, 1.54) is 22.2 Å². The molecule has 3 aromatic rings. The Morgan fingerprint density at radius 1 is 1.10 bits per heavy atom. The minimum absolute atomic E-state index is 0.794. The minimum Gasteiger partial charge on any atom is -0.497 e. The van der Waals surface area contributed by atoms with Crippen molar-refractivity contribution in [3.63, 3.8) is 0 Å². The molecule has 0 atom stereocenters. The topological polar surface area (TPSA) is 27.1 Å². The number of hydrogen-bond acceptors (Lipinski definition) is 2. The Kier molecular flexibility index (Phi) is 3.18. The lowest BCUT2D eigenvalue weighted by Gasteiger charge is -2.08. The van der Waals surface area contributed by atoms with Crippen molar-refractivity contribution in [2.45, 2.75) is 20.4 Å². The number of pyridine rings is 1. The molecule has 0 amide bonds. The molecule has 2 heterocycles. The molecule has 1 aromatic carbocycles. The molecule has 0 saturated carbocycles. The van der Waals surface area contributed by atoms with E-state index in [0.29, 0.717) is 0 Å². The smallest absolute Gasteiger partial charge is 0.119 e. The fraction of sp³-hybridized carbons (Fsp3) is 0.235. The third kappa shape index (κ3) is 2.27. The van der Waals surface area contributed by atoms with E-state index in [9.17, 15) is 0 Å². The highest BCUT2D eigenvalue weighted by Crippen LogP contribution is 2.25. The molecule has 0 spiro atoms. The van der Waals surface area contributed by atoms with Gasteiger partial charge in [-0.2, -0.15) is 0 Å². The van der Waals surface area contributed by atoms with Gasteiger partial charge in [0.2, 0.25) is 0 Å². The van der Waals surface area contributed by atoms with E-state index in [1.54, 1.807) is 7.11 Å². The molecule has 0 fully saturated rings. The van der Waals surface area contributed by atoms with Crippen LogP contribution in [0.1, 0.15) is 17.0 Å². The van der Waals surface area contributed by atoms with Gasteiger partial charge < -0.3 is 9.30 Å². The van der Waals surface area contributed by atoms with Gasteiger partial charge in [-0.25, -0.2) is 0 Å². The van der Waals surface area contributed by atoms with Crippen LogP contribution in [-0.2, 0) is 6.54 Å². The van der Waals surface area contributed by atoms with Crippen LogP contribution in [0, 0.1) is 13.8 Å². The van der Waals surface area contributed by atoms with E-state index >= 15 is 0 Å². The second-order valence-electron chi connectivity index (χ2n) is 5.12. The molecule has 102 valence electrons. The van der Waals surface area contributed by atoms with Gasteiger partial charge in [0.05, 0.1) is 19.3 Å². The molecule has 0 aliphatic heterocycles. The van der Waals surface area contributed by atoms with Crippen LogP contribution in [0.2, 0.25) is 0 Å². The third-order valence-corrected chi connectivity index (χ3v) is 3.61. The molecule has 0 aliphatic rings. The lowest BCUT2D eigenvalue weighted by Crippen LogP contribution is -2.03. The van der Waals surface area contributed by atoms with Crippen LogP contribution in [0.3, 0.4) is 0 Å². The monoisotopic (exact) mass is 266 g/mol. The maximum atomic E-state index is 5.28. The fourth-order valence-corrected chi connectivity index (χ4v) is 2.48. The first-order valence-electron chi connectivity index (χ1n) is 6.73. The molecular formula is C17H18N2O. The number of hydrogen-bond donors (Lipinski definition) is 0. The van der Waals surface area contributed by atoms with E-state index in [0.717, 1.165) is 18.0 Å². The molecule has 0 radical (unpaired) electrons. The van der Waals surface area contributed by atoms with Crippen molar-refractivity contribution in [2.24, 2.45) is 0 Å². The highest BCUT2D eigenvalue weighted by molar-refractivity contribution is 5.83. The van der Waals surface area contributed by atoms with Crippen LogP contribution in [0.4, 0.5) is 0 Å². The van der Waals surface area contributed by atoms with Crippen LogP contribution in [0.25, 0.3) is 10.9 Å². The van der Waals surface area contributed by atoms with Gasteiger partial charge in [-0.05, 0) is 49.7 Å². The normalized spacial score (nSPS) is 10.9. The van der Waals surface area contributed by atoms with Crippen molar-refractivity contribution < 1.29 is 4.74 Å². The van der Waals surface area contributed by atoms with Crippen LogP contribution in [0.5, 0.6) is 5.75 Å². The molecule has 3 nitrogen and oxygen atoms in total. The third-order valence-electron chi connectivity index (χ3n) is 3.61. The summed E-state index contributed by atoms with van der Waals surface area (Å²) in [4.78, 5) is 4.49. The number of nitrogens with zero attached hydrogens (tertiary/aromatic N) is 2. The summed E-state index contributed by atoms with van der Waals surface area (Å²) < 4.78 is 7.57. The van der Waals surface area contributed by atoms with E-state index in [2.05, 4.69) is 53.7 Å². The number of aromatic nitrogens is 2. The van der Waals surface area contributed by atoms with Crippen molar-refractivity contribution in [3.05, 3.63) is 59.5 Å². The van der Waals surface area contributed by atoms with Gasteiger partial charge in [0.25, 0.3) is 0 Å². The average molecular weight is 266 g/mol.